The predicted octanol–water partition coefficient (Wildman–Crippen LogP) is 2.00. The van der Waals surface area contributed by atoms with Crippen LogP contribution in [0.4, 0.5) is 0 Å². The van der Waals surface area contributed by atoms with Crippen LogP contribution in [0.25, 0.3) is 0 Å². The van der Waals surface area contributed by atoms with E-state index in [9.17, 15) is 10.1 Å². The number of amides is 1. The van der Waals surface area contributed by atoms with Gasteiger partial charge < -0.3 is 10.1 Å². The van der Waals surface area contributed by atoms with Gasteiger partial charge in [-0.1, -0.05) is 13.8 Å². The molecule has 1 N–H and O–H groups in total. The van der Waals surface area contributed by atoms with Gasteiger partial charge in [-0.05, 0) is 32.6 Å². The van der Waals surface area contributed by atoms with E-state index in [1.54, 1.807) is 0 Å². The second-order valence-corrected chi connectivity index (χ2v) is 4.78. The number of hydrogen-bond donors (Lipinski definition) is 1. The largest absolute Gasteiger partial charge is 0.378 e. The summed E-state index contributed by atoms with van der Waals surface area (Å²) in [5, 5.41) is 12.2. The van der Waals surface area contributed by atoms with Crippen LogP contribution in [0, 0.1) is 16.7 Å². The number of carbonyl (C=O) groups excluding carboxylic acids is 1. The summed E-state index contributed by atoms with van der Waals surface area (Å²) in [6, 6.07) is 2.32. The first-order valence-electron chi connectivity index (χ1n) is 6.41. The van der Waals surface area contributed by atoms with Gasteiger partial charge in [-0.3, -0.25) is 4.79 Å². The van der Waals surface area contributed by atoms with Gasteiger partial charge in [0.25, 0.3) is 0 Å². The van der Waals surface area contributed by atoms with E-state index in [-0.39, 0.29) is 18.1 Å². The Balaban J connectivity index is 2.61. The molecule has 4 heteroatoms. The van der Waals surface area contributed by atoms with E-state index in [1.165, 1.54) is 0 Å². The SMILES string of the molecule is CCC(C#N)(CC)C(=O)NC1CCOC(C)C1. The fraction of sp³-hybridized carbons (Fsp3) is 0.846. The van der Waals surface area contributed by atoms with Gasteiger partial charge >= 0.3 is 0 Å². The number of nitriles is 1. The lowest BCUT2D eigenvalue weighted by molar-refractivity contribution is -0.130. The van der Waals surface area contributed by atoms with E-state index < -0.39 is 5.41 Å². The van der Waals surface area contributed by atoms with E-state index in [0.29, 0.717) is 19.4 Å². The summed E-state index contributed by atoms with van der Waals surface area (Å²) >= 11 is 0. The maximum atomic E-state index is 12.2. The molecule has 1 aliphatic rings. The van der Waals surface area contributed by atoms with Crippen molar-refractivity contribution in [3.8, 4) is 6.07 Å². The second kappa shape index (κ2) is 6.02. The molecule has 17 heavy (non-hydrogen) atoms. The number of nitrogens with zero attached hydrogens (tertiary/aromatic N) is 1. The normalized spacial score (nSPS) is 25.1. The molecule has 0 spiro atoms. The Morgan fingerprint density at radius 2 is 2.18 bits per heavy atom. The lowest BCUT2D eigenvalue weighted by atomic mass is 9.82. The summed E-state index contributed by atoms with van der Waals surface area (Å²) < 4.78 is 5.44. The lowest BCUT2D eigenvalue weighted by Gasteiger charge is -2.31. The second-order valence-electron chi connectivity index (χ2n) is 4.78. The molecule has 4 nitrogen and oxygen atoms in total. The van der Waals surface area contributed by atoms with Crippen molar-refractivity contribution in [2.24, 2.45) is 5.41 Å². The molecular formula is C13H22N2O2. The van der Waals surface area contributed by atoms with Gasteiger partial charge in [-0.25, -0.2) is 0 Å². The highest BCUT2D eigenvalue weighted by Gasteiger charge is 2.36. The van der Waals surface area contributed by atoms with Gasteiger partial charge in [0.05, 0.1) is 12.2 Å². The summed E-state index contributed by atoms with van der Waals surface area (Å²) in [7, 11) is 0. The molecule has 1 rings (SSSR count). The molecule has 1 aliphatic heterocycles. The molecule has 2 unspecified atom stereocenters. The maximum absolute atomic E-state index is 12.2. The topological polar surface area (TPSA) is 62.1 Å². The molecule has 96 valence electrons. The Kier molecular flexibility index (Phi) is 4.95. The van der Waals surface area contributed by atoms with E-state index in [4.69, 9.17) is 4.74 Å². The highest BCUT2D eigenvalue weighted by molar-refractivity contribution is 5.85. The van der Waals surface area contributed by atoms with Crippen molar-refractivity contribution < 1.29 is 9.53 Å². The zero-order valence-corrected chi connectivity index (χ0v) is 11.0. The molecule has 1 heterocycles. The number of rotatable bonds is 4. The number of nitrogens with one attached hydrogen (secondary N) is 1. The van der Waals surface area contributed by atoms with Crippen LogP contribution in [-0.4, -0.2) is 24.7 Å². The zero-order valence-electron chi connectivity index (χ0n) is 11.0. The highest BCUT2D eigenvalue weighted by atomic mass is 16.5. The summed E-state index contributed by atoms with van der Waals surface area (Å²) in [5.41, 5.74) is -0.860. The minimum atomic E-state index is -0.860. The maximum Gasteiger partial charge on any atom is 0.240 e. The summed E-state index contributed by atoms with van der Waals surface area (Å²) in [5.74, 6) is -0.121. The van der Waals surface area contributed by atoms with Gasteiger partial charge in [0, 0.05) is 12.6 Å². The summed E-state index contributed by atoms with van der Waals surface area (Å²) in [4.78, 5) is 12.2. The summed E-state index contributed by atoms with van der Waals surface area (Å²) in [6.45, 7) is 6.47. The quantitative estimate of drug-likeness (QED) is 0.814. The minimum Gasteiger partial charge on any atom is -0.378 e. The van der Waals surface area contributed by atoms with Gasteiger partial charge in [0.15, 0.2) is 0 Å². The fourth-order valence-corrected chi connectivity index (χ4v) is 2.23. The molecule has 1 fully saturated rings. The molecule has 1 amide bonds. The van der Waals surface area contributed by atoms with Crippen LogP contribution in [-0.2, 0) is 9.53 Å². The molecule has 0 aliphatic carbocycles. The van der Waals surface area contributed by atoms with Crippen molar-refractivity contribution >= 4 is 5.91 Å². The standard InChI is InChI=1S/C13H22N2O2/c1-4-13(5-2,9-14)12(16)15-11-6-7-17-10(3)8-11/h10-11H,4-8H2,1-3H3,(H,15,16). The van der Waals surface area contributed by atoms with Gasteiger partial charge in [-0.15, -0.1) is 0 Å². The first kappa shape index (κ1) is 14.0. The third-order valence-electron chi connectivity index (χ3n) is 3.68. The lowest BCUT2D eigenvalue weighted by Crippen LogP contribution is -2.47. The van der Waals surface area contributed by atoms with Crippen LogP contribution in [0.2, 0.25) is 0 Å². The van der Waals surface area contributed by atoms with Crippen molar-refractivity contribution in [3.05, 3.63) is 0 Å². The van der Waals surface area contributed by atoms with Crippen LogP contribution in [0.5, 0.6) is 0 Å². The van der Waals surface area contributed by atoms with Crippen LogP contribution < -0.4 is 5.32 Å². The Hall–Kier alpha value is -1.08. The van der Waals surface area contributed by atoms with Crippen molar-refractivity contribution in [2.75, 3.05) is 6.61 Å². The molecule has 1 saturated heterocycles. The van der Waals surface area contributed by atoms with Gasteiger partial charge in [0.1, 0.15) is 5.41 Å². The highest BCUT2D eigenvalue weighted by Crippen LogP contribution is 2.26. The van der Waals surface area contributed by atoms with Crippen molar-refractivity contribution in [3.63, 3.8) is 0 Å². The van der Waals surface area contributed by atoms with E-state index in [0.717, 1.165) is 12.8 Å². The number of carbonyl (C=O) groups is 1. The van der Waals surface area contributed by atoms with E-state index >= 15 is 0 Å². The smallest absolute Gasteiger partial charge is 0.240 e. The average molecular weight is 238 g/mol. The fourth-order valence-electron chi connectivity index (χ4n) is 2.23. The van der Waals surface area contributed by atoms with Gasteiger partial charge in [0.2, 0.25) is 5.91 Å². The Bertz CT molecular complexity index is 305. The van der Waals surface area contributed by atoms with Crippen LogP contribution in [0.1, 0.15) is 46.5 Å². The van der Waals surface area contributed by atoms with Crippen molar-refractivity contribution in [1.29, 1.82) is 5.26 Å². The molecule has 0 radical (unpaired) electrons. The summed E-state index contributed by atoms with van der Waals surface area (Å²) in [6.07, 6.45) is 2.98. The van der Waals surface area contributed by atoms with Gasteiger partial charge in [-0.2, -0.15) is 5.26 Å². The predicted molar refractivity (Wildman–Crippen MR) is 65.2 cm³/mol. The van der Waals surface area contributed by atoms with E-state index in [1.807, 2.05) is 20.8 Å². The number of ether oxygens (including phenoxy) is 1. The van der Waals surface area contributed by atoms with Crippen LogP contribution in [0.15, 0.2) is 0 Å². The molecule has 0 aromatic heterocycles. The minimum absolute atomic E-state index is 0.121. The van der Waals surface area contributed by atoms with Crippen LogP contribution >= 0.6 is 0 Å². The molecule has 0 aromatic carbocycles. The zero-order chi connectivity index (χ0) is 12.9. The third kappa shape index (κ3) is 3.19. The average Bonchev–Trinajstić information content (AvgIpc) is 2.32. The molecule has 0 saturated carbocycles. The van der Waals surface area contributed by atoms with Crippen LogP contribution in [0.3, 0.4) is 0 Å². The number of hydrogen-bond acceptors (Lipinski definition) is 3. The molecular weight excluding hydrogens is 216 g/mol. The first-order chi connectivity index (χ1) is 8.07. The Morgan fingerprint density at radius 3 is 2.65 bits per heavy atom. The third-order valence-corrected chi connectivity index (χ3v) is 3.68. The monoisotopic (exact) mass is 238 g/mol. The molecule has 0 bridgehead atoms. The first-order valence-corrected chi connectivity index (χ1v) is 6.41. The molecule has 0 aromatic rings. The van der Waals surface area contributed by atoms with Crippen molar-refractivity contribution in [2.45, 2.75) is 58.6 Å². The molecule has 2 atom stereocenters. The van der Waals surface area contributed by atoms with Crippen molar-refractivity contribution in [1.82, 2.24) is 5.32 Å². The Labute approximate surface area is 103 Å². The Morgan fingerprint density at radius 1 is 1.53 bits per heavy atom. The van der Waals surface area contributed by atoms with E-state index in [2.05, 4.69) is 11.4 Å².